The minimum absolute atomic E-state index is 0.103. The zero-order chi connectivity index (χ0) is 14.1. The second kappa shape index (κ2) is 8.44. The molecule has 0 fully saturated rings. The molecule has 1 rings (SSSR count). The molecule has 19 heavy (non-hydrogen) atoms. The van der Waals surface area contributed by atoms with Crippen LogP contribution in [-0.2, 0) is 0 Å². The molecule has 0 unspecified atom stereocenters. The molecule has 2 atom stereocenters. The van der Waals surface area contributed by atoms with Crippen molar-refractivity contribution in [3.8, 4) is 0 Å². The van der Waals surface area contributed by atoms with Gasteiger partial charge in [0.1, 0.15) is 0 Å². The van der Waals surface area contributed by atoms with Gasteiger partial charge in [-0.15, -0.1) is 18.3 Å². The molecule has 0 radical (unpaired) electrons. The Balaban J connectivity index is 2.91. The van der Waals surface area contributed by atoms with Gasteiger partial charge >= 0.3 is 0 Å². The molecular formula is C17H27NS. The van der Waals surface area contributed by atoms with Crippen molar-refractivity contribution in [2.24, 2.45) is 5.92 Å². The molecule has 1 nitrogen and oxygen atoms in total. The zero-order valence-electron chi connectivity index (χ0n) is 12.5. The maximum atomic E-state index is 3.84. The normalized spacial score (nSPS) is 15.7. The van der Waals surface area contributed by atoms with Crippen LogP contribution in [0, 0.1) is 5.92 Å². The van der Waals surface area contributed by atoms with E-state index < -0.39 is 0 Å². The second-order valence-corrected chi connectivity index (χ2v) is 6.42. The minimum atomic E-state index is 0.103. The Labute approximate surface area is 122 Å². The maximum absolute atomic E-state index is 3.84. The summed E-state index contributed by atoms with van der Waals surface area (Å²) in [6, 6.07) is 10.7. The van der Waals surface area contributed by atoms with Crippen molar-refractivity contribution in [3.05, 3.63) is 43.0 Å². The highest BCUT2D eigenvalue weighted by molar-refractivity contribution is 8.00. The molecule has 106 valence electrons. The number of nitrogens with one attached hydrogen (secondary N) is 1. The topological polar surface area (TPSA) is 12.0 Å². The first-order valence-corrected chi connectivity index (χ1v) is 8.10. The second-order valence-electron chi connectivity index (χ2n) is 5.02. The van der Waals surface area contributed by atoms with Crippen LogP contribution in [-0.4, -0.2) is 11.4 Å². The Bertz CT molecular complexity index is 363. The molecule has 0 aliphatic heterocycles. The fraction of sp³-hybridized carbons (Fsp3) is 0.529. The monoisotopic (exact) mass is 277 g/mol. The molecule has 0 saturated carbocycles. The number of benzene rings is 1. The quantitative estimate of drug-likeness (QED) is 0.383. The summed E-state index contributed by atoms with van der Waals surface area (Å²) in [6.45, 7) is 11.6. The largest absolute Gasteiger partial charge is 0.299 e. The molecule has 1 N–H and O–H groups in total. The Morgan fingerprint density at radius 3 is 2.53 bits per heavy atom. The van der Waals surface area contributed by atoms with Crippen molar-refractivity contribution in [1.29, 1.82) is 0 Å². The maximum Gasteiger partial charge on any atom is 0.0717 e. The summed E-state index contributed by atoms with van der Waals surface area (Å²) < 4.78 is 0. The summed E-state index contributed by atoms with van der Waals surface area (Å²) in [5.41, 5.74) is 0. The zero-order valence-corrected chi connectivity index (χ0v) is 13.3. The minimum Gasteiger partial charge on any atom is -0.299 e. The molecule has 0 saturated heterocycles. The lowest BCUT2D eigenvalue weighted by Gasteiger charge is -2.39. The summed E-state index contributed by atoms with van der Waals surface area (Å²) in [5.74, 6) is 0.632. The van der Waals surface area contributed by atoms with E-state index in [2.05, 4.69) is 63.0 Å². The molecule has 2 heteroatoms. The van der Waals surface area contributed by atoms with Crippen LogP contribution in [0.15, 0.2) is 47.9 Å². The first kappa shape index (κ1) is 16.3. The third-order valence-electron chi connectivity index (χ3n) is 3.63. The van der Waals surface area contributed by atoms with Crippen molar-refractivity contribution < 1.29 is 0 Å². The van der Waals surface area contributed by atoms with E-state index in [1.807, 2.05) is 17.8 Å². The van der Waals surface area contributed by atoms with E-state index in [1.54, 1.807) is 0 Å². The van der Waals surface area contributed by atoms with Crippen LogP contribution < -0.4 is 5.32 Å². The fourth-order valence-corrected chi connectivity index (χ4v) is 3.80. The first-order chi connectivity index (χ1) is 9.18. The predicted molar refractivity (Wildman–Crippen MR) is 87.6 cm³/mol. The van der Waals surface area contributed by atoms with E-state index in [4.69, 9.17) is 0 Å². The standard InChI is InChI=1S/C17H27NS/c1-5-11-15(4)17(7-3,18-14-6-2)19-16-12-9-8-10-13-16/h6,8-10,12-13,15,18H,2,5,7,11,14H2,1,3-4H3/t15-,17-/m1/s1. The van der Waals surface area contributed by atoms with Gasteiger partial charge in [0.25, 0.3) is 0 Å². The van der Waals surface area contributed by atoms with E-state index in [9.17, 15) is 0 Å². The molecule has 0 heterocycles. The Morgan fingerprint density at radius 1 is 1.32 bits per heavy atom. The summed E-state index contributed by atoms with van der Waals surface area (Å²) in [6.07, 6.45) is 5.54. The highest BCUT2D eigenvalue weighted by Crippen LogP contribution is 2.40. The number of hydrogen-bond acceptors (Lipinski definition) is 2. The van der Waals surface area contributed by atoms with Gasteiger partial charge in [-0.25, -0.2) is 0 Å². The summed E-state index contributed by atoms with van der Waals surface area (Å²) in [7, 11) is 0. The average molecular weight is 277 g/mol. The van der Waals surface area contributed by atoms with Gasteiger partial charge in [-0.05, 0) is 30.9 Å². The van der Waals surface area contributed by atoms with Gasteiger partial charge in [-0.1, -0.05) is 51.5 Å². The van der Waals surface area contributed by atoms with Gasteiger partial charge in [-0.2, -0.15) is 0 Å². The Hall–Kier alpha value is -0.730. The molecule has 1 aromatic rings. The lowest BCUT2D eigenvalue weighted by Crippen LogP contribution is -2.47. The number of thioether (sulfide) groups is 1. The van der Waals surface area contributed by atoms with Crippen LogP contribution in [0.3, 0.4) is 0 Å². The van der Waals surface area contributed by atoms with E-state index in [1.165, 1.54) is 17.7 Å². The summed E-state index contributed by atoms with van der Waals surface area (Å²) in [4.78, 5) is 1.44. The highest BCUT2D eigenvalue weighted by Gasteiger charge is 2.34. The fourth-order valence-electron chi connectivity index (χ4n) is 2.47. The smallest absolute Gasteiger partial charge is 0.0717 e. The highest BCUT2D eigenvalue weighted by atomic mass is 32.2. The lowest BCUT2D eigenvalue weighted by molar-refractivity contribution is 0.318. The van der Waals surface area contributed by atoms with Crippen LogP contribution in [0.2, 0.25) is 0 Å². The van der Waals surface area contributed by atoms with Crippen molar-refractivity contribution in [2.75, 3.05) is 6.54 Å². The first-order valence-electron chi connectivity index (χ1n) is 7.28. The van der Waals surface area contributed by atoms with Gasteiger partial charge in [0.05, 0.1) is 4.87 Å². The average Bonchev–Trinajstić information content (AvgIpc) is 2.45. The Kier molecular flexibility index (Phi) is 7.25. The predicted octanol–water partition coefficient (Wildman–Crippen LogP) is 5.10. The van der Waals surface area contributed by atoms with Crippen LogP contribution in [0.1, 0.15) is 40.0 Å². The summed E-state index contributed by atoms with van der Waals surface area (Å²) in [5, 5.41) is 3.71. The lowest BCUT2D eigenvalue weighted by atomic mass is 9.94. The molecule has 0 aromatic heterocycles. The van der Waals surface area contributed by atoms with Gasteiger partial charge in [0.15, 0.2) is 0 Å². The van der Waals surface area contributed by atoms with Crippen LogP contribution >= 0.6 is 11.8 Å². The van der Waals surface area contributed by atoms with E-state index in [0.29, 0.717) is 5.92 Å². The number of hydrogen-bond donors (Lipinski definition) is 1. The number of rotatable bonds is 9. The summed E-state index contributed by atoms with van der Waals surface area (Å²) >= 11 is 1.97. The molecule has 0 bridgehead atoms. The third kappa shape index (κ3) is 4.70. The van der Waals surface area contributed by atoms with Crippen LogP contribution in [0.4, 0.5) is 0 Å². The van der Waals surface area contributed by atoms with Crippen molar-refractivity contribution in [2.45, 2.75) is 49.8 Å². The van der Waals surface area contributed by atoms with Crippen LogP contribution in [0.25, 0.3) is 0 Å². The van der Waals surface area contributed by atoms with Gasteiger partial charge in [0.2, 0.25) is 0 Å². The van der Waals surface area contributed by atoms with Gasteiger partial charge in [0, 0.05) is 11.4 Å². The molecule has 0 aliphatic carbocycles. The third-order valence-corrected chi connectivity index (χ3v) is 5.34. The molecule has 0 spiro atoms. The van der Waals surface area contributed by atoms with Crippen molar-refractivity contribution in [3.63, 3.8) is 0 Å². The van der Waals surface area contributed by atoms with E-state index in [0.717, 1.165) is 13.0 Å². The van der Waals surface area contributed by atoms with Crippen molar-refractivity contribution in [1.82, 2.24) is 5.32 Å². The van der Waals surface area contributed by atoms with Crippen molar-refractivity contribution >= 4 is 11.8 Å². The Morgan fingerprint density at radius 2 is 2.00 bits per heavy atom. The SMILES string of the molecule is C=CCN[C@](CC)(Sc1ccccc1)[C@H](C)CCC. The molecule has 0 amide bonds. The molecular weight excluding hydrogens is 250 g/mol. The van der Waals surface area contributed by atoms with E-state index >= 15 is 0 Å². The molecule has 0 aliphatic rings. The van der Waals surface area contributed by atoms with Gasteiger partial charge in [-0.3, -0.25) is 5.32 Å². The van der Waals surface area contributed by atoms with Gasteiger partial charge < -0.3 is 0 Å². The van der Waals surface area contributed by atoms with Crippen LogP contribution in [0.5, 0.6) is 0 Å². The molecule has 1 aromatic carbocycles. The van der Waals surface area contributed by atoms with E-state index in [-0.39, 0.29) is 4.87 Å².